The lowest BCUT2D eigenvalue weighted by atomic mass is 9.90. The Balaban J connectivity index is 1.86. The van der Waals surface area contributed by atoms with Gasteiger partial charge in [0.05, 0.1) is 17.8 Å². The van der Waals surface area contributed by atoms with E-state index < -0.39 is 11.9 Å². The van der Waals surface area contributed by atoms with Crippen LogP contribution in [0.3, 0.4) is 0 Å². The van der Waals surface area contributed by atoms with Crippen molar-refractivity contribution in [3.63, 3.8) is 0 Å². The molecule has 2 rings (SSSR count). The lowest BCUT2D eigenvalue weighted by Gasteiger charge is -2.35. The molecule has 2 atom stereocenters. The first kappa shape index (κ1) is 17.3. The Morgan fingerprint density at radius 3 is 2.57 bits per heavy atom. The van der Waals surface area contributed by atoms with Crippen LogP contribution in [0.4, 0.5) is 4.39 Å². The molecule has 126 valence electrons. The van der Waals surface area contributed by atoms with E-state index in [1.54, 1.807) is 11.8 Å². The number of carbonyl (C=O) groups is 2. The Morgan fingerprint density at radius 1 is 1.35 bits per heavy atom. The zero-order valence-corrected chi connectivity index (χ0v) is 13.5. The van der Waals surface area contributed by atoms with Gasteiger partial charge in [0.1, 0.15) is 5.82 Å². The number of hydrogen-bond donors (Lipinski definition) is 2. The average molecular weight is 322 g/mol. The number of aromatic nitrogens is 1. The second-order valence-corrected chi connectivity index (χ2v) is 6.11. The molecule has 0 spiro atoms. The highest BCUT2D eigenvalue weighted by atomic mass is 19.1. The second kappa shape index (κ2) is 7.50. The van der Waals surface area contributed by atoms with Crippen LogP contribution >= 0.6 is 0 Å². The Kier molecular flexibility index (Phi) is 5.65. The molecule has 1 aromatic rings. The number of piperidine rings is 1. The second-order valence-electron chi connectivity index (χ2n) is 6.11. The van der Waals surface area contributed by atoms with E-state index in [1.165, 1.54) is 12.3 Å². The number of pyridine rings is 1. The van der Waals surface area contributed by atoms with Gasteiger partial charge in [-0.15, -0.1) is 0 Å². The molecular weight excluding hydrogens is 299 g/mol. The standard InChI is InChI=1S/C16H23FN4O2/c1-10(18)16(23)21-5-3-12(4-6-21)11(2)20-15(22)13-7-14(17)9-19-8-13/h7-12H,3-6,18H2,1-2H3,(H,20,22). The van der Waals surface area contributed by atoms with Crippen molar-refractivity contribution in [1.29, 1.82) is 0 Å². The highest BCUT2D eigenvalue weighted by molar-refractivity contribution is 5.94. The van der Waals surface area contributed by atoms with Gasteiger partial charge in [0.15, 0.2) is 0 Å². The van der Waals surface area contributed by atoms with Crippen LogP contribution in [0, 0.1) is 11.7 Å². The number of nitrogens with two attached hydrogens (primary N) is 1. The van der Waals surface area contributed by atoms with E-state index in [0.29, 0.717) is 13.1 Å². The topological polar surface area (TPSA) is 88.3 Å². The molecule has 3 N–H and O–H groups in total. The minimum Gasteiger partial charge on any atom is -0.349 e. The number of halogens is 1. The molecule has 1 aliphatic rings. The van der Waals surface area contributed by atoms with Gasteiger partial charge < -0.3 is 16.0 Å². The molecule has 2 heterocycles. The molecule has 1 aliphatic heterocycles. The van der Waals surface area contributed by atoms with E-state index in [-0.39, 0.29) is 29.3 Å². The normalized spacial score (nSPS) is 18.3. The van der Waals surface area contributed by atoms with Crippen LogP contribution in [0.5, 0.6) is 0 Å². The number of likely N-dealkylation sites (tertiary alicyclic amines) is 1. The van der Waals surface area contributed by atoms with Gasteiger partial charge >= 0.3 is 0 Å². The Morgan fingerprint density at radius 2 is 2.00 bits per heavy atom. The maximum atomic E-state index is 13.1. The molecule has 1 fully saturated rings. The lowest BCUT2D eigenvalue weighted by Crippen LogP contribution is -2.49. The zero-order chi connectivity index (χ0) is 17.0. The summed E-state index contributed by atoms with van der Waals surface area (Å²) in [4.78, 5) is 29.4. The fourth-order valence-corrected chi connectivity index (χ4v) is 2.85. The van der Waals surface area contributed by atoms with E-state index in [9.17, 15) is 14.0 Å². The van der Waals surface area contributed by atoms with Gasteiger partial charge in [0.2, 0.25) is 5.91 Å². The molecule has 7 heteroatoms. The Hall–Kier alpha value is -2.02. The van der Waals surface area contributed by atoms with Gasteiger partial charge in [-0.3, -0.25) is 14.6 Å². The predicted octanol–water partition coefficient (Wildman–Crippen LogP) is 0.925. The van der Waals surface area contributed by atoms with Crippen LogP contribution in [0.15, 0.2) is 18.5 Å². The van der Waals surface area contributed by atoms with Crippen LogP contribution in [-0.2, 0) is 4.79 Å². The minimum absolute atomic E-state index is 0.0361. The number of carbonyl (C=O) groups excluding carboxylic acids is 2. The molecule has 0 saturated carbocycles. The summed E-state index contributed by atoms with van der Waals surface area (Å²) in [5.41, 5.74) is 5.83. The third kappa shape index (κ3) is 4.48. The van der Waals surface area contributed by atoms with Crippen molar-refractivity contribution in [2.75, 3.05) is 13.1 Å². The molecule has 0 bridgehead atoms. The van der Waals surface area contributed by atoms with Crippen molar-refractivity contribution in [2.45, 2.75) is 38.8 Å². The molecule has 1 saturated heterocycles. The van der Waals surface area contributed by atoms with Gasteiger partial charge in [-0.2, -0.15) is 0 Å². The smallest absolute Gasteiger partial charge is 0.253 e. The van der Waals surface area contributed by atoms with E-state index in [1.807, 2.05) is 6.92 Å². The van der Waals surface area contributed by atoms with Gasteiger partial charge in [-0.1, -0.05) is 0 Å². The van der Waals surface area contributed by atoms with Crippen LogP contribution < -0.4 is 11.1 Å². The summed E-state index contributed by atoms with van der Waals surface area (Å²) >= 11 is 0. The SMILES string of the molecule is CC(N)C(=O)N1CCC(C(C)NC(=O)c2cncc(F)c2)CC1. The number of hydrogen-bond acceptors (Lipinski definition) is 4. The first-order chi connectivity index (χ1) is 10.9. The molecule has 0 radical (unpaired) electrons. The molecule has 0 aliphatic carbocycles. The monoisotopic (exact) mass is 322 g/mol. The summed E-state index contributed by atoms with van der Waals surface area (Å²) in [5, 5.41) is 2.89. The number of amides is 2. The summed E-state index contributed by atoms with van der Waals surface area (Å²) < 4.78 is 13.1. The highest BCUT2D eigenvalue weighted by Crippen LogP contribution is 2.21. The molecule has 2 unspecified atom stereocenters. The van der Waals surface area contributed by atoms with Crippen molar-refractivity contribution in [2.24, 2.45) is 11.7 Å². The lowest BCUT2D eigenvalue weighted by molar-refractivity contribution is -0.133. The Labute approximate surface area is 135 Å². The van der Waals surface area contributed by atoms with Crippen molar-refractivity contribution in [3.05, 3.63) is 29.8 Å². The third-order valence-electron chi connectivity index (χ3n) is 4.27. The third-order valence-corrected chi connectivity index (χ3v) is 4.27. The predicted molar refractivity (Wildman–Crippen MR) is 84.1 cm³/mol. The molecule has 0 aromatic carbocycles. The van der Waals surface area contributed by atoms with Crippen LogP contribution in [0.2, 0.25) is 0 Å². The van der Waals surface area contributed by atoms with Crippen LogP contribution in [-0.4, -0.2) is 46.9 Å². The van der Waals surface area contributed by atoms with Crippen molar-refractivity contribution in [1.82, 2.24) is 15.2 Å². The number of nitrogens with zero attached hydrogens (tertiary/aromatic N) is 2. The van der Waals surface area contributed by atoms with Gasteiger partial charge in [0, 0.05) is 25.3 Å². The van der Waals surface area contributed by atoms with Crippen molar-refractivity contribution < 1.29 is 14.0 Å². The van der Waals surface area contributed by atoms with Gasteiger partial charge in [-0.05, 0) is 38.7 Å². The zero-order valence-electron chi connectivity index (χ0n) is 13.5. The molecular formula is C16H23FN4O2. The van der Waals surface area contributed by atoms with Crippen molar-refractivity contribution >= 4 is 11.8 Å². The molecule has 6 nitrogen and oxygen atoms in total. The van der Waals surface area contributed by atoms with Crippen LogP contribution in [0.25, 0.3) is 0 Å². The van der Waals surface area contributed by atoms with E-state index >= 15 is 0 Å². The van der Waals surface area contributed by atoms with Gasteiger partial charge in [-0.25, -0.2) is 4.39 Å². The van der Waals surface area contributed by atoms with Crippen molar-refractivity contribution in [3.8, 4) is 0 Å². The summed E-state index contributed by atoms with van der Waals surface area (Å²) in [5.74, 6) is -0.629. The highest BCUT2D eigenvalue weighted by Gasteiger charge is 2.28. The fraction of sp³-hybridized carbons (Fsp3) is 0.562. The summed E-state index contributed by atoms with van der Waals surface area (Å²) in [6.07, 6.45) is 4.02. The summed E-state index contributed by atoms with van der Waals surface area (Å²) in [7, 11) is 0. The number of rotatable bonds is 4. The summed E-state index contributed by atoms with van der Waals surface area (Å²) in [6.45, 7) is 4.90. The Bertz CT molecular complexity index is 571. The largest absolute Gasteiger partial charge is 0.349 e. The molecule has 23 heavy (non-hydrogen) atoms. The fourth-order valence-electron chi connectivity index (χ4n) is 2.85. The maximum Gasteiger partial charge on any atom is 0.253 e. The summed E-state index contributed by atoms with van der Waals surface area (Å²) in [6, 6.07) is 0.626. The van der Waals surface area contributed by atoms with E-state index in [2.05, 4.69) is 10.3 Å². The van der Waals surface area contributed by atoms with E-state index in [4.69, 9.17) is 5.73 Å². The van der Waals surface area contributed by atoms with Crippen LogP contribution in [0.1, 0.15) is 37.0 Å². The number of nitrogens with one attached hydrogen (secondary N) is 1. The maximum absolute atomic E-state index is 13.1. The van der Waals surface area contributed by atoms with E-state index in [0.717, 1.165) is 19.0 Å². The average Bonchev–Trinajstić information content (AvgIpc) is 2.54. The quantitative estimate of drug-likeness (QED) is 0.863. The molecule has 2 amide bonds. The first-order valence-electron chi connectivity index (χ1n) is 7.84. The first-order valence-corrected chi connectivity index (χ1v) is 7.84. The molecule has 1 aromatic heterocycles. The minimum atomic E-state index is -0.534. The van der Waals surface area contributed by atoms with Gasteiger partial charge in [0.25, 0.3) is 5.91 Å².